The van der Waals surface area contributed by atoms with E-state index >= 15 is 0 Å². The van der Waals surface area contributed by atoms with Crippen LogP contribution in [0.2, 0.25) is 0 Å². The molecule has 0 aromatic carbocycles. The van der Waals surface area contributed by atoms with Crippen molar-refractivity contribution < 1.29 is 9.59 Å². The lowest BCUT2D eigenvalue weighted by Crippen LogP contribution is -2.25. The minimum Gasteiger partial charge on any atom is -0.349 e. The summed E-state index contributed by atoms with van der Waals surface area (Å²) in [7, 11) is 0. The number of anilines is 1. The van der Waals surface area contributed by atoms with Crippen molar-refractivity contribution in [2.45, 2.75) is 18.9 Å². The van der Waals surface area contributed by atoms with Crippen molar-refractivity contribution in [2.75, 3.05) is 5.32 Å². The van der Waals surface area contributed by atoms with Gasteiger partial charge < -0.3 is 10.6 Å². The first kappa shape index (κ1) is 14.5. The van der Waals surface area contributed by atoms with Gasteiger partial charge in [0.25, 0.3) is 5.91 Å². The van der Waals surface area contributed by atoms with Gasteiger partial charge in [-0.05, 0) is 42.7 Å². The van der Waals surface area contributed by atoms with Crippen molar-refractivity contribution in [3.05, 3.63) is 48.1 Å². The van der Waals surface area contributed by atoms with Crippen molar-refractivity contribution in [1.29, 1.82) is 0 Å². The molecule has 2 aromatic heterocycles. The number of amides is 2. The largest absolute Gasteiger partial charge is 0.349 e. The summed E-state index contributed by atoms with van der Waals surface area (Å²) in [4.78, 5) is 29.3. The molecule has 0 bridgehead atoms. The molecule has 1 aliphatic carbocycles. The van der Waals surface area contributed by atoms with Gasteiger partial charge in [0.05, 0.1) is 5.69 Å². The van der Waals surface area contributed by atoms with Crippen LogP contribution in [0.25, 0.3) is 10.4 Å². The van der Waals surface area contributed by atoms with Gasteiger partial charge >= 0.3 is 0 Å². The van der Waals surface area contributed by atoms with Crippen LogP contribution in [0, 0.1) is 0 Å². The van der Waals surface area contributed by atoms with Crippen LogP contribution in [0.1, 0.15) is 22.5 Å². The van der Waals surface area contributed by atoms with Crippen LogP contribution in [0.5, 0.6) is 0 Å². The highest BCUT2D eigenvalue weighted by Gasteiger charge is 2.26. The third kappa shape index (κ3) is 3.23. The Morgan fingerprint density at radius 2 is 2.05 bits per heavy atom. The summed E-state index contributed by atoms with van der Waals surface area (Å²) >= 11 is 1.35. The second kappa shape index (κ2) is 6.11. The molecule has 5 nitrogen and oxygen atoms in total. The number of hydrogen-bond acceptors (Lipinski definition) is 4. The Hall–Kier alpha value is -2.47. The Kier molecular flexibility index (Phi) is 4.02. The summed E-state index contributed by atoms with van der Waals surface area (Å²) in [6.45, 7) is 3.44. The average molecular weight is 313 g/mol. The molecule has 2 amide bonds. The van der Waals surface area contributed by atoms with Gasteiger partial charge in [-0.2, -0.15) is 0 Å². The van der Waals surface area contributed by atoms with Gasteiger partial charge in [0.1, 0.15) is 4.88 Å². The van der Waals surface area contributed by atoms with Gasteiger partial charge in [0, 0.05) is 23.3 Å². The van der Waals surface area contributed by atoms with E-state index in [0.29, 0.717) is 10.6 Å². The molecule has 1 aliphatic rings. The maximum Gasteiger partial charge on any atom is 0.263 e. The summed E-state index contributed by atoms with van der Waals surface area (Å²) in [5.41, 5.74) is 1.47. The quantitative estimate of drug-likeness (QED) is 0.834. The lowest BCUT2D eigenvalue weighted by molar-refractivity contribution is -0.111. The van der Waals surface area contributed by atoms with E-state index < -0.39 is 0 Å². The monoisotopic (exact) mass is 313 g/mol. The highest BCUT2D eigenvalue weighted by Crippen LogP contribution is 2.35. The van der Waals surface area contributed by atoms with Crippen LogP contribution in [0.15, 0.2) is 43.2 Å². The van der Waals surface area contributed by atoms with E-state index in [-0.39, 0.29) is 17.9 Å². The van der Waals surface area contributed by atoms with Crippen molar-refractivity contribution in [2.24, 2.45) is 0 Å². The summed E-state index contributed by atoms with van der Waals surface area (Å²) in [5, 5.41) is 5.65. The summed E-state index contributed by atoms with van der Waals surface area (Å²) in [5.74, 6) is -0.480. The van der Waals surface area contributed by atoms with Gasteiger partial charge in [-0.25, -0.2) is 0 Å². The van der Waals surface area contributed by atoms with Crippen molar-refractivity contribution in [3.63, 3.8) is 0 Å². The molecule has 2 aromatic rings. The Labute approximate surface area is 132 Å². The molecule has 6 heteroatoms. The average Bonchev–Trinajstić information content (AvgIpc) is 3.25. The molecule has 22 heavy (non-hydrogen) atoms. The second-order valence-corrected chi connectivity index (χ2v) is 6.08. The smallest absolute Gasteiger partial charge is 0.263 e. The van der Waals surface area contributed by atoms with E-state index in [1.807, 2.05) is 18.2 Å². The molecule has 2 N–H and O–H groups in total. The van der Waals surface area contributed by atoms with Crippen LogP contribution < -0.4 is 10.6 Å². The van der Waals surface area contributed by atoms with Crippen molar-refractivity contribution >= 4 is 28.8 Å². The fraction of sp³-hybridized carbons (Fsp3) is 0.188. The number of nitrogens with one attached hydrogen (secondary N) is 2. The number of carbonyl (C=O) groups is 2. The Morgan fingerprint density at radius 1 is 1.32 bits per heavy atom. The van der Waals surface area contributed by atoms with Gasteiger partial charge in [-0.1, -0.05) is 6.58 Å². The van der Waals surface area contributed by atoms with E-state index in [0.717, 1.165) is 23.3 Å². The van der Waals surface area contributed by atoms with Crippen LogP contribution in [0.3, 0.4) is 0 Å². The number of thiophene rings is 1. The highest BCUT2D eigenvalue weighted by atomic mass is 32.1. The molecule has 0 aliphatic heterocycles. The van der Waals surface area contributed by atoms with E-state index in [9.17, 15) is 9.59 Å². The van der Waals surface area contributed by atoms with Crippen molar-refractivity contribution in [1.82, 2.24) is 10.3 Å². The van der Waals surface area contributed by atoms with Crippen LogP contribution >= 0.6 is 11.3 Å². The maximum absolute atomic E-state index is 12.3. The number of pyridine rings is 1. The number of aromatic nitrogens is 1. The number of rotatable bonds is 5. The number of nitrogens with zero attached hydrogens (tertiary/aromatic N) is 1. The Morgan fingerprint density at radius 3 is 2.68 bits per heavy atom. The topological polar surface area (TPSA) is 71.1 Å². The third-order valence-corrected chi connectivity index (χ3v) is 4.44. The normalized spacial score (nSPS) is 13.5. The fourth-order valence-corrected chi connectivity index (χ4v) is 3.00. The lowest BCUT2D eigenvalue weighted by Gasteiger charge is -2.04. The number of carbonyl (C=O) groups excluding carboxylic acids is 2. The minimum atomic E-state index is -0.334. The predicted molar refractivity (Wildman–Crippen MR) is 86.9 cm³/mol. The van der Waals surface area contributed by atoms with Gasteiger partial charge in [-0.15, -0.1) is 11.3 Å². The molecular weight excluding hydrogens is 298 g/mol. The van der Waals surface area contributed by atoms with Gasteiger partial charge in [-0.3, -0.25) is 14.6 Å². The first-order chi connectivity index (χ1) is 10.7. The SMILES string of the molecule is C=CC(=O)Nc1cc(-c2ccncc2)sc1C(=O)NC1CC1. The molecule has 112 valence electrons. The Balaban J connectivity index is 1.94. The van der Waals surface area contributed by atoms with Crippen LogP contribution in [-0.2, 0) is 4.79 Å². The second-order valence-electron chi connectivity index (χ2n) is 5.03. The number of hydrogen-bond donors (Lipinski definition) is 2. The predicted octanol–water partition coefficient (Wildman–Crippen LogP) is 2.83. The van der Waals surface area contributed by atoms with E-state index in [1.54, 1.807) is 12.4 Å². The third-order valence-electron chi connectivity index (χ3n) is 3.26. The standard InChI is InChI=1S/C16H15N3O2S/c1-2-14(20)19-12-9-13(10-5-7-17-8-6-10)22-15(12)16(21)18-11-3-4-11/h2,5-9,11H,1,3-4H2,(H,18,21)(H,19,20). The van der Waals surface area contributed by atoms with Gasteiger partial charge in [0.2, 0.25) is 5.91 Å². The van der Waals surface area contributed by atoms with Crippen LogP contribution in [-0.4, -0.2) is 22.8 Å². The zero-order chi connectivity index (χ0) is 15.5. The molecule has 0 radical (unpaired) electrons. The molecule has 3 rings (SSSR count). The molecule has 0 atom stereocenters. The van der Waals surface area contributed by atoms with E-state index in [2.05, 4.69) is 22.2 Å². The fourth-order valence-electron chi connectivity index (χ4n) is 1.97. The maximum atomic E-state index is 12.3. The molecule has 2 heterocycles. The zero-order valence-corrected chi connectivity index (χ0v) is 12.7. The summed E-state index contributed by atoms with van der Waals surface area (Å²) < 4.78 is 0. The molecule has 0 spiro atoms. The van der Waals surface area contributed by atoms with Gasteiger partial charge in [0.15, 0.2) is 0 Å². The van der Waals surface area contributed by atoms with Crippen LogP contribution in [0.4, 0.5) is 5.69 Å². The molecule has 0 unspecified atom stereocenters. The van der Waals surface area contributed by atoms with E-state index in [1.165, 1.54) is 17.4 Å². The lowest BCUT2D eigenvalue weighted by atomic mass is 10.2. The summed E-state index contributed by atoms with van der Waals surface area (Å²) in [6, 6.07) is 5.81. The first-order valence-electron chi connectivity index (χ1n) is 6.96. The highest BCUT2D eigenvalue weighted by molar-refractivity contribution is 7.18. The molecule has 1 saturated carbocycles. The van der Waals surface area contributed by atoms with E-state index in [4.69, 9.17) is 0 Å². The molecular formula is C16H15N3O2S. The first-order valence-corrected chi connectivity index (χ1v) is 7.77. The zero-order valence-electron chi connectivity index (χ0n) is 11.8. The van der Waals surface area contributed by atoms with Crippen molar-refractivity contribution in [3.8, 4) is 10.4 Å². The Bertz CT molecular complexity index is 720. The molecule has 0 saturated heterocycles. The minimum absolute atomic E-state index is 0.146. The summed E-state index contributed by atoms with van der Waals surface area (Å²) in [6.07, 6.45) is 6.61. The molecule has 1 fully saturated rings.